The van der Waals surface area contributed by atoms with Crippen molar-refractivity contribution in [1.29, 1.82) is 0 Å². The minimum atomic E-state index is -3.96. The Morgan fingerprint density at radius 2 is 1.07 bits per heavy atom. The predicted molar refractivity (Wildman–Crippen MR) is 262 cm³/mol. The first-order valence-electron chi connectivity index (χ1n) is 23.1. The first kappa shape index (κ1) is 52.1. The highest BCUT2D eigenvalue weighted by atomic mass is 32.2. The van der Waals surface area contributed by atoms with Crippen molar-refractivity contribution in [2.24, 2.45) is 17.8 Å². The number of imidazole rings is 2. The summed E-state index contributed by atoms with van der Waals surface area (Å²) in [4.78, 5) is 20.6. The summed E-state index contributed by atoms with van der Waals surface area (Å²) >= 11 is 0. The van der Waals surface area contributed by atoms with Gasteiger partial charge < -0.3 is 29.7 Å². The Balaban J connectivity index is 0.000000209. The van der Waals surface area contributed by atoms with Crippen LogP contribution in [-0.4, -0.2) is 82.4 Å². The summed E-state index contributed by atoms with van der Waals surface area (Å²) in [5.41, 5.74) is 8.95. The number of sulfonamides is 2. The largest absolute Gasteiger partial charge is 0.399 e. The van der Waals surface area contributed by atoms with Crippen molar-refractivity contribution in [3.63, 3.8) is 0 Å². The lowest BCUT2D eigenvalue weighted by molar-refractivity contribution is -0.116. The van der Waals surface area contributed by atoms with E-state index in [-0.39, 0.29) is 45.1 Å². The number of nitrogens with zero attached hydrogens (tertiary/aromatic N) is 6. The van der Waals surface area contributed by atoms with Gasteiger partial charge in [-0.15, -0.1) is 0 Å². The number of nitrogen functional groups attached to an aromatic ring is 1. The van der Waals surface area contributed by atoms with Gasteiger partial charge in [0, 0.05) is 85.3 Å². The molecule has 2 saturated heterocycles. The summed E-state index contributed by atoms with van der Waals surface area (Å²) in [5, 5.41) is 2.76. The number of benzene rings is 4. The topological polar surface area (TPSA) is 184 Å². The van der Waals surface area contributed by atoms with E-state index in [2.05, 4.69) is 15.3 Å². The van der Waals surface area contributed by atoms with E-state index in [0.29, 0.717) is 90.8 Å². The molecule has 0 radical (unpaired) electrons. The van der Waals surface area contributed by atoms with Gasteiger partial charge in [0.2, 0.25) is 5.91 Å². The Kier molecular flexibility index (Phi) is 15.5. The van der Waals surface area contributed by atoms with E-state index in [1.54, 1.807) is 33.4 Å². The van der Waals surface area contributed by atoms with Crippen LogP contribution >= 0.6 is 0 Å². The number of anilines is 4. The average Bonchev–Trinajstić information content (AvgIpc) is 3.87. The van der Waals surface area contributed by atoms with Crippen molar-refractivity contribution in [2.45, 2.75) is 94.5 Å². The minimum absolute atomic E-state index is 0.0350. The zero-order valence-corrected chi connectivity index (χ0v) is 41.7. The van der Waals surface area contributed by atoms with Crippen molar-refractivity contribution >= 4 is 70.8 Å². The Bertz CT molecular complexity index is 3020. The van der Waals surface area contributed by atoms with Crippen LogP contribution in [0.15, 0.2) is 94.7 Å². The van der Waals surface area contributed by atoms with Gasteiger partial charge in [-0.3, -0.25) is 13.4 Å². The number of nitrogens with two attached hydrogens (primary N) is 1. The molecule has 0 aliphatic carbocycles. The molecule has 4 aromatic carbocycles. The quantitative estimate of drug-likeness (QED) is 0.0742. The highest BCUT2D eigenvalue weighted by Gasteiger charge is 2.35. The van der Waals surface area contributed by atoms with Crippen molar-refractivity contribution in [3.8, 4) is 0 Å². The van der Waals surface area contributed by atoms with E-state index >= 15 is 0 Å². The molecule has 2 aliphatic heterocycles. The maximum atomic E-state index is 14.5. The summed E-state index contributed by atoms with van der Waals surface area (Å²) in [5.74, 6) is -6.47. The molecular formula is C49H60F4N8O7S2. The van der Waals surface area contributed by atoms with Gasteiger partial charge in [-0.2, -0.15) is 17.6 Å². The second kappa shape index (κ2) is 20.9. The van der Waals surface area contributed by atoms with Crippen molar-refractivity contribution < 1.29 is 48.7 Å². The zero-order valence-electron chi connectivity index (χ0n) is 40.0. The minimum Gasteiger partial charge on any atom is -0.399 e. The molecule has 2 fully saturated rings. The summed E-state index contributed by atoms with van der Waals surface area (Å²) in [6.45, 7) is 8.78. The smallest absolute Gasteiger partial charge is 0.302 e. The van der Waals surface area contributed by atoms with Gasteiger partial charge in [-0.25, -0.2) is 26.8 Å². The van der Waals surface area contributed by atoms with Gasteiger partial charge in [0.05, 0.1) is 43.2 Å². The van der Waals surface area contributed by atoms with Crippen LogP contribution in [0, 0.1) is 17.8 Å². The first-order valence-corrected chi connectivity index (χ1v) is 26.0. The number of alkyl halides is 4. The van der Waals surface area contributed by atoms with Gasteiger partial charge in [0.1, 0.15) is 0 Å². The third-order valence-electron chi connectivity index (χ3n) is 12.5. The van der Waals surface area contributed by atoms with E-state index in [1.807, 2.05) is 13.8 Å². The lowest BCUT2D eigenvalue weighted by Crippen LogP contribution is -2.26. The molecule has 0 bridgehead atoms. The molecular weight excluding hydrogens is 953 g/mol. The molecule has 4 heterocycles. The summed E-state index contributed by atoms with van der Waals surface area (Å²) in [6.07, 6.45) is 3.53. The molecule has 21 heteroatoms. The molecule has 3 N–H and O–H groups in total. The molecule has 8 rings (SSSR count). The Hall–Kier alpha value is -5.77. The lowest BCUT2D eigenvalue weighted by atomic mass is 10.00. The average molecular weight is 1010 g/mol. The summed E-state index contributed by atoms with van der Waals surface area (Å²) < 4.78 is 127. The molecule has 0 spiro atoms. The number of hydrogen-bond acceptors (Lipinski definition) is 10. The van der Waals surface area contributed by atoms with Crippen LogP contribution in [-0.2, 0) is 59.2 Å². The standard InChI is InChI=1S/C27H34F2N4O4S.C22H26F2N4O3S/c1-18(2)15-25(34)30-20-5-8-22(9-6-20)38(35,36)32(4)21-7-10-24-23(16-21)31-26(27(3,28)29)33(24)17-19-11-13-37-14-12-19;1-22(23,24)21-26-19-13-17(27(2)32(29,30)18-6-3-16(25)4-7-18)5-8-20(19)28(21)14-15-9-11-31-12-10-15/h5-10,16,18-19H,11-15,17H2,1-4H3,(H,30,34);3-8,13,15H,9-12,14,25H2,1-2H3. The van der Waals surface area contributed by atoms with Crippen molar-refractivity contribution in [3.05, 3.63) is 96.6 Å². The molecule has 1 amide bonds. The number of halogens is 4. The second-order valence-corrected chi connectivity index (χ2v) is 22.4. The van der Waals surface area contributed by atoms with E-state index in [4.69, 9.17) is 15.2 Å². The fourth-order valence-corrected chi connectivity index (χ4v) is 10.9. The molecule has 2 aliphatic rings. The zero-order chi connectivity index (χ0) is 50.8. The van der Waals surface area contributed by atoms with E-state index < -0.39 is 31.9 Å². The number of ether oxygens (including phenoxy) is 2. The number of carbonyl (C=O) groups is 1. The third-order valence-corrected chi connectivity index (χ3v) is 16.1. The van der Waals surface area contributed by atoms with Gasteiger partial charge in [0.15, 0.2) is 11.6 Å². The lowest BCUT2D eigenvalue weighted by Gasteiger charge is -2.24. The highest BCUT2D eigenvalue weighted by molar-refractivity contribution is 7.93. The number of aromatic nitrogens is 4. The molecule has 70 heavy (non-hydrogen) atoms. The van der Waals surface area contributed by atoms with E-state index in [0.717, 1.165) is 48.1 Å². The van der Waals surface area contributed by atoms with Crippen LogP contribution in [0.5, 0.6) is 0 Å². The van der Waals surface area contributed by atoms with Crippen LogP contribution in [0.3, 0.4) is 0 Å². The number of fused-ring (bicyclic) bond motifs is 2. The van der Waals surface area contributed by atoms with E-state index in [1.165, 1.54) is 74.8 Å². The van der Waals surface area contributed by atoms with Crippen LogP contribution in [0.4, 0.5) is 40.3 Å². The highest BCUT2D eigenvalue weighted by Crippen LogP contribution is 2.36. The van der Waals surface area contributed by atoms with Gasteiger partial charge in [-0.05, 0) is 128 Å². The second-order valence-electron chi connectivity index (χ2n) is 18.5. The first-order chi connectivity index (χ1) is 32.9. The Morgan fingerprint density at radius 1 is 0.686 bits per heavy atom. The fourth-order valence-electron chi connectivity index (χ4n) is 8.57. The molecule has 0 atom stereocenters. The van der Waals surface area contributed by atoms with Crippen LogP contribution in [0.1, 0.15) is 71.4 Å². The fraction of sp³-hybridized carbons (Fsp3) is 0.449. The van der Waals surface area contributed by atoms with Crippen LogP contribution in [0.2, 0.25) is 0 Å². The Labute approximate surface area is 406 Å². The summed E-state index contributed by atoms with van der Waals surface area (Å²) in [6, 6.07) is 21.4. The predicted octanol–water partition coefficient (Wildman–Crippen LogP) is 9.37. The molecule has 0 unspecified atom stereocenters. The Morgan fingerprint density at radius 3 is 1.44 bits per heavy atom. The van der Waals surface area contributed by atoms with Gasteiger partial charge in [0.25, 0.3) is 20.0 Å². The number of carbonyl (C=O) groups excluding carboxylic acids is 1. The SMILES string of the molecule is CC(C)CC(=O)Nc1ccc(S(=O)(=O)N(C)c2ccc3c(c2)nc(C(C)(F)F)n3CC2CCOCC2)cc1.CN(c1ccc2c(c1)nc(C(C)(F)F)n2CC1CCOCC1)S(=O)(=O)c1ccc(N)cc1. The molecule has 378 valence electrons. The number of rotatable bonds is 15. The monoisotopic (exact) mass is 1010 g/mol. The maximum absolute atomic E-state index is 14.5. The van der Waals surface area contributed by atoms with Crippen LogP contribution in [0.25, 0.3) is 22.1 Å². The van der Waals surface area contributed by atoms with Gasteiger partial charge in [-0.1, -0.05) is 13.8 Å². The number of nitrogens with one attached hydrogen (secondary N) is 1. The molecule has 0 saturated carbocycles. The third kappa shape index (κ3) is 11.9. The van der Waals surface area contributed by atoms with Crippen molar-refractivity contribution in [2.75, 3.05) is 60.2 Å². The number of amides is 1. The molecule has 2 aromatic heterocycles. The van der Waals surface area contributed by atoms with E-state index in [9.17, 15) is 39.2 Å². The molecule has 6 aromatic rings. The normalized spacial score (nSPS) is 15.5. The van der Waals surface area contributed by atoms with Gasteiger partial charge >= 0.3 is 11.8 Å². The summed E-state index contributed by atoms with van der Waals surface area (Å²) in [7, 11) is -4.98. The maximum Gasteiger partial charge on any atom is 0.302 e. The number of hydrogen-bond donors (Lipinski definition) is 2. The van der Waals surface area contributed by atoms with Crippen LogP contribution < -0.4 is 19.7 Å². The van der Waals surface area contributed by atoms with Crippen molar-refractivity contribution in [1.82, 2.24) is 19.1 Å². The molecule has 15 nitrogen and oxygen atoms in total.